The topological polar surface area (TPSA) is 18.5 Å². The summed E-state index contributed by atoms with van der Waals surface area (Å²) in [4.78, 5) is 0. The molecule has 1 aromatic rings. The van der Waals surface area contributed by atoms with Crippen molar-refractivity contribution in [1.82, 2.24) is 0 Å². The molecular weight excluding hydrogens is 255 g/mol. The van der Waals surface area contributed by atoms with Crippen molar-refractivity contribution < 1.29 is 9.47 Å². The first-order chi connectivity index (χ1) is 8.88. The molecular formula is C16H29O2P. The first-order valence-electron chi connectivity index (χ1n) is 6.87. The van der Waals surface area contributed by atoms with Crippen molar-refractivity contribution >= 4 is 9.24 Å². The summed E-state index contributed by atoms with van der Waals surface area (Å²) in [6, 6.07) is 6.26. The van der Waals surface area contributed by atoms with E-state index in [1.807, 2.05) is 19.9 Å². The maximum atomic E-state index is 5.93. The monoisotopic (exact) mass is 284 g/mol. The smallest absolute Gasteiger partial charge is 0.204 e. The summed E-state index contributed by atoms with van der Waals surface area (Å²) in [6.45, 7) is 12.4. The van der Waals surface area contributed by atoms with Crippen LogP contribution in [0.1, 0.15) is 45.7 Å². The van der Waals surface area contributed by atoms with Crippen molar-refractivity contribution in [3.8, 4) is 5.75 Å². The number of ether oxygens (including phenoxy) is 2. The lowest BCUT2D eigenvalue weighted by Gasteiger charge is -2.30. The number of methoxy groups -OCH3 is 1. The van der Waals surface area contributed by atoms with Gasteiger partial charge in [0.1, 0.15) is 5.75 Å². The van der Waals surface area contributed by atoms with Crippen molar-refractivity contribution in [1.29, 1.82) is 0 Å². The molecule has 2 nitrogen and oxygen atoms in total. The number of benzene rings is 1. The third-order valence-electron chi connectivity index (χ3n) is 2.63. The molecule has 0 aromatic heterocycles. The van der Waals surface area contributed by atoms with Crippen molar-refractivity contribution in [3.63, 3.8) is 0 Å². The Morgan fingerprint density at radius 2 is 1.79 bits per heavy atom. The Bertz CT molecular complexity index is 370. The quantitative estimate of drug-likeness (QED) is 0.584. The average molecular weight is 284 g/mol. The molecule has 1 aromatic carbocycles. The average Bonchev–Trinajstić information content (AvgIpc) is 2.38. The van der Waals surface area contributed by atoms with Crippen LogP contribution in [0.5, 0.6) is 5.75 Å². The van der Waals surface area contributed by atoms with Gasteiger partial charge in [-0.1, -0.05) is 46.8 Å². The molecule has 2 unspecified atom stereocenters. The number of aryl methyl sites for hydroxylation is 1. The fraction of sp³-hybridized carbons (Fsp3) is 0.625. The van der Waals surface area contributed by atoms with Crippen molar-refractivity contribution in [2.45, 2.75) is 54.0 Å². The van der Waals surface area contributed by atoms with E-state index in [4.69, 9.17) is 9.47 Å². The van der Waals surface area contributed by atoms with Crippen LogP contribution in [-0.2, 0) is 10.9 Å². The van der Waals surface area contributed by atoms with Gasteiger partial charge in [-0.3, -0.25) is 0 Å². The molecule has 2 atom stereocenters. The van der Waals surface area contributed by atoms with Gasteiger partial charge in [-0.15, -0.1) is 9.24 Å². The third kappa shape index (κ3) is 5.93. The van der Waals surface area contributed by atoms with Crippen LogP contribution in [-0.4, -0.2) is 13.4 Å². The highest BCUT2D eigenvalue weighted by atomic mass is 31.0. The third-order valence-corrected chi connectivity index (χ3v) is 3.10. The Kier molecular flexibility index (Phi) is 8.29. The summed E-state index contributed by atoms with van der Waals surface area (Å²) in [5.41, 5.74) is 2.40. The second-order valence-corrected chi connectivity index (χ2v) is 5.76. The van der Waals surface area contributed by atoms with Gasteiger partial charge in [0.05, 0.1) is 0 Å². The van der Waals surface area contributed by atoms with E-state index in [2.05, 4.69) is 49.1 Å². The summed E-state index contributed by atoms with van der Waals surface area (Å²) in [6.07, 6.45) is 0.733. The van der Waals surface area contributed by atoms with E-state index in [0.717, 1.165) is 17.5 Å². The Morgan fingerprint density at radius 3 is 2.16 bits per heavy atom. The van der Waals surface area contributed by atoms with Gasteiger partial charge in [-0.25, -0.2) is 0 Å². The fourth-order valence-electron chi connectivity index (χ4n) is 1.66. The molecule has 3 heteroatoms. The zero-order valence-electron chi connectivity index (χ0n) is 13.4. The molecule has 0 aliphatic rings. The summed E-state index contributed by atoms with van der Waals surface area (Å²) in [7, 11) is 4.41. The van der Waals surface area contributed by atoms with Crippen LogP contribution in [0.2, 0.25) is 0 Å². The lowest BCUT2D eigenvalue weighted by molar-refractivity contribution is -0.120. The molecule has 0 bridgehead atoms. The van der Waals surface area contributed by atoms with E-state index in [1.54, 1.807) is 7.11 Å². The summed E-state index contributed by atoms with van der Waals surface area (Å²) < 4.78 is 11.3. The van der Waals surface area contributed by atoms with Gasteiger partial charge < -0.3 is 9.47 Å². The van der Waals surface area contributed by atoms with Crippen LogP contribution in [0, 0.1) is 12.3 Å². The van der Waals surface area contributed by atoms with Crippen LogP contribution in [0.25, 0.3) is 0 Å². The molecule has 0 amide bonds. The van der Waals surface area contributed by atoms with Crippen LogP contribution < -0.4 is 4.74 Å². The van der Waals surface area contributed by atoms with Crippen molar-refractivity contribution in [2.24, 2.45) is 5.41 Å². The zero-order valence-corrected chi connectivity index (χ0v) is 14.6. The van der Waals surface area contributed by atoms with Crippen LogP contribution >= 0.6 is 9.24 Å². The number of hydrogen-bond acceptors (Lipinski definition) is 2. The molecule has 0 N–H and O–H groups in total. The van der Waals surface area contributed by atoms with Crippen molar-refractivity contribution in [3.05, 3.63) is 29.3 Å². The Balaban J connectivity index is 0.00000154. The van der Waals surface area contributed by atoms with E-state index in [1.165, 1.54) is 5.56 Å². The molecule has 1 rings (SSSR count). The van der Waals surface area contributed by atoms with Crippen LogP contribution in [0.15, 0.2) is 18.2 Å². The molecule has 0 aliphatic carbocycles. The molecule has 0 saturated carbocycles. The molecule has 0 heterocycles. The van der Waals surface area contributed by atoms with Gasteiger partial charge in [0.15, 0.2) is 0 Å². The first kappa shape index (κ1) is 18.4. The lowest BCUT2D eigenvalue weighted by atomic mass is 9.96. The maximum Gasteiger partial charge on any atom is 0.204 e. The SMILES string of the molecule is CC.COC(Oc1ccc(CP)cc1C)C(C)(C)C. The molecule has 19 heavy (non-hydrogen) atoms. The molecule has 0 radical (unpaired) electrons. The highest BCUT2D eigenvalue weighted by Crippen LogP contribution is 2.28. The van der Waals surface area contributed by atoms with E-state index in [0.29, 0.717) is 0 Å². The van der Waals surface area contributed by atoms with Gasteiger partial charge in [-0.05, 0) is 30.3 Å². The van der Waals surface area contributed by atoms with Crippen LogP contribution in [0.4, 0.5) is 0 Å². The Morgan fingerprint density at radius 1 is 1.21 bits per heavy atom. The van der Waals surface area contributed by atoms with Gasteiger partial charge in [-0.2, -0.15) is 0 Å². The second-order valence-electron chi connectivity index (χ2n) is 5.36. The minimum absolute atomic E-state index is 0.0412. The first-order valence-corrected chi connectivity index (χ1v) is 7.69. The van der Waals surface area contributed by atoms with Gasteiger partial charge in [0.25, 0.3) is 0 Å². The number of hydrogen-bond donors (Lipinski definition) is 0. The standard InChI is InChI=1S/C14H23O2P.C2H6/c1-10-8-11(9-17)6-7-12(10)16-13(15-5)14(2,3)4;1-2/h6-8,13H,9,17H2,1-5H3;1-2H3. The van der Waals surface area contributed by atoms with E-state index in [9.17, 15) is 0 Å². The minimum Gasteiger partial charge on any atom is -0.464 e. The predicted molar refractivity (Wildman–Crippen MR) is 86.8 cm³/mol. The van der Waals surface area contributed by atoms with Gasteiger partial charge in [0.2, 0.25) is 6.29 Å². The van der Waals surface area contributed by atoms with E-state index < -0.39 is 0 Å². The van der Waals surface area contributed by atoms with E-state index in [-0.39, 0.29) is 11.7 Å². The lowest BCUT2D eigenvalue weighted by Crippen LogP contribution is -2.33. The molecule has 0 fully saturated rings. The number of rotatable bonds is 4. The molecule has 110 valence electrons. The Hall–Kier alpha value is -0.590. The Labute approximate surface area is 121 Å². The molecule has 0 aliphatic heterocycles. The van der Waals surface area contributed by atoms with Gasteiger partial charge in [0, 0.05) is 12.5 Å². The minimum atomic E-state index is -0.233. The van der Waals surface area contributed by atoms with Gasteiger partial charge >= 0.3 is 0 Å². The molecule has 0 saturated heterocycles. The maximum absolute atomic E-state index is 5.93. The predicted octanol–water partition coefficient (Wildman–Crippen LogP) is 4.79. The highest BCUT2D eigenvalue weighted by molar-refractivity contribution is 7.15. The summed E-state index contributed by atoms with van der Waals surface area (Å²) in [5, 5.41) is 0. The summed E-state index contributed by atoms with van der Waals surface area (Å²) >= 11 is 0. The van der Waals surface area contributed by atoms with Crippen molar-refractivity contribution in [2.75, 3.05) is 7.11 Å². The highest BCUT2D eigenvalue weighted by Gasteiger charge is 2.26. The fourth-order valence-corrected chi connectivity index (χ4v) is 1.92. The van der Waals surface area contributed by atoms with Crippen LogP contribution in [0.3, 0.4) is 0 Å². The molecule has 0 spiro atoms. The second kappa shape index (κ2) is 8.55. The summed E-state index contributed by atoms with van der Waals surface area (Å²) in [5.74, 6) is 0.897. The zero-order chi connectivity index (χ0) is 15.1. The normalized spacial score (nSPS) is 12.4. The largest absolute Gasteiger partial charge is 0.464 e. The van der Waals surface area contributed by atoms with E-state index >= 15 is 0 Å².